The van der Waals surface area contributed by atoms with Crippen molar-refractivity contribution in [2.45, 2.75) is 0 Å². The topological polar surface area (TPSA) is 59.6 Å². The van der Waals surface area contributed by atoms with Gasteiger partial charge in [-0.1, -0.05) is 11.6 Å². The number of aliphatic hydroxyl groups is 1. The van der Waals surface area contributed by atoms with Gasteiger partial charge in [-0.05, 0) is 12.1 Å². The Morgan fingerprint density at radius 2 is 2.05 bits per heavy atom. The van der Waals surface area contributed by atoms with Crippen molar-refractivity contribution in [2.75, 3.05) is 39.3 Å². The first kappa shape index (κ1) is 15.6. The quantitative estimate of drug-likeness (QED) is 0.897. The summed E-state index contributed by atoms with van der Waals surface area (Å²) in [6, 6.07) is 3.78. The van der Waals surface area contributed by atoms with Gasteiger partial charge < -0.3 is 15.0 Å². The van der Waals surface area contributed by atoms with Crippen molar-refractivity contribution in [3.8, 4) is 10.4 Å². The molecule has 2 aromatic heterocycles. The fourth-order valence-corrected chi connectivity index (χ4v) is 3.76. The molecule has 0 aromatic carbocycles. The number of carbonyl (C=O) groups excluding carboxylic acids is 1. The molecule has 0 atom stereocenters. The second kappa shape index (κ2) is 6.83. The van der Waals surface area contributed by atoms with Gasteiger partial charge in [-0.15, -0.1) is 11.3 Å². The fraction of sp³-hybridized carbons (Fsp3) is 0.400. The molecule has 118 valence electrons. The first-order chi connectivity index (χ1) is 10.7. The average molecular weight is 340 g/mol. The van der Waals surface area contributed by atoms with Crippen LogP contribution in [0.4, 0.5) is 0 Å². The molecule has 3 rings (SSSR count). The second-order valence-corrected chi connectivity index (χ2v) is 6.96. The number of nitrogens with one attached hydrogen (secondary N) is 1. The molecule has 0 spiro atoms. The third-order valence-corrected chi connectivity index (χ3v) is 5.15. The summed E-state index contributed by atoms with van der Waals surface area (Å²) in [4.78, 5) is 20.8. The zero-order valence-corrected chi connectivity index (χ0v) is 13.7. The van der Waals surface area contributed by atoms with Gasteiger partial charge in [0.15, 0.2) is 0 Å². The maximum Gasteiger partial charge on any atom is 0.256 e. The summed E-state index contributed by atoms with van der Waals surface area (Å²) in [5.74, 6) is 0.0458. The highest BCUT2D eigenvalue weighted by molar-refractivity contribution is 7.19. The molecular formula is C15H18ClN3O2S. The third-order valence-electron chi connectivity index (χ3n) is 3.89. The van der Waals surface area contributed by atoms with Crippen LogP contribution < -0.4 is 0 Å². The van der Waals surface area contributed by atoms with E-state index in [-0.39, 0.29) is 12.5 Å². The number of carbonyl (C=O) groups is 1. The number of hydrogen-bond donors (Lipinski definition) is 2. The van der Waals surface area contributed by atoms with Crippen molar-refractivity contribution in [3.05, 3.63) is 34.4 Å². The lowest BCUT2D eigenvalue weighted by Crippen LogP contribution is -2.49. The molecule has 1 amide bonds. The summed E-state index contributed by atoms with van der Waals surface area (Å²) in [5.41, 5.74) is 1.59. The summed E-state index contributed by atoms with van der Waals surface area (Å²) >= 11 is 7.46. The Balaban J connectivity index is 1.73. The van der Waals surface area contributed by atoms with E-state index in [1.807, 2.05) is 23.2 Å². The normalized spacial score (nSPS) is 16.2. The molecule has 0 aliphatic carbocycles. The highest BCUT2D eigenvalue weighted by Gasteiger charge is 2.24. The van der Waals surface area contributed by atoms with Gasteiger partial charge in [0.1, 0.15) is 0 Å². The molecule has 3 heterocycles. The molecule has 1 aliphatic rings. The van der Waals surface area contributed by atoms with E-state index in [4.69, 9.17) is 16.7 Å². The lowest BCUT2D eigenvalue weighted by atomic mass is 10.1. The van der Waals surface area contributed by atoms with Crippen molar-refractivity contribution < 1.29 is 9.90 Å². The monoisotopic (exact) mass is 339 g/mol. The number of piperazine rings is 1. The number of amides is 1. The minimum atomic E-state index is 0.0458. The average Bonchev–Trinajstić information content (AvgIpc) is 3.16. The molecule has 0 saturated carbocycles. The van der Waals surface area contributed by atoms with Crippen LogP contribution in [0.5, 0.6) is 0 Å². The van der Waals surface area contributed by atoms with E-state index in [1.165, 1.54) is 11.3 Å². The van der Waals surface area contributed by atoms with Crippen LogP contribution in [0.1, 0.15) is 10.4 Å². The number of β-amino-alcohol motifs (C(OH)–C–C–N with tert-alkyl or cyclic N) is 1. The molecular weight excluding hydrogens is 322 g/mol. The highest BCUT2D eigenvalue weighted by Crippen LogP contribution is 2.33. The van der Waals surface area contributed by atoms with E-state index in [0.29, 0.717) is 29.5 Å². The number of nitrogens with zero attached hydrogens (tertiary/aromatic N) is 2. The summed E-state index contributed by atoms with van der Waals surface area (Å²) in [6.07, 6.45) is 3.60. The van der Waals surface area contributed by atoms with Gasteiger partial charge in [0.05, 0.1) is 16.5 Å². The van der Waals surface area contributed by atoms with Gasteiger partial charge in [-0.3, -0.25) is 9.69 Å². The molecule has 1 saturated heterocycles. The Labute approximate surface area is 138 Å². The Bertz CT molecular complexity index is 647. The van der Waals surface area contributed by atoms with E-state index in [9.17, 15) is 4.79 Å². The smallest absolute Gasteiger partial charge is 0.256 e. The summed E-state index contributed by atoms with van der Waals surface area (Å²) < 4.78 is 0.715. The maximum absolute atomic E-state index is 12.7. The minimum absolute atomic E-state index is 0.0458. The predicted octanol–water partition coefficient (Wildman–Crippen LogP) is 2.15. The summed E-state index contributed by atoms with van der Waals surface area (Å²) in [6.45, 7) is 3.82. The first-order valence-electron chi connectivity index (χ1n) is 7.24. The summed E-state index contributed by atoms with van der Waals surface area (Å²) in [5, 5.41) is 8.97. The minimum Gasteiger partial charge on any atom is -0.395 e. The molecule has 1 aliphatic heterocycles. The van der Waals surface area contributed by atoms with Gasteiger partial charge in [0.2, 0.25) is 0 Å². The van der Waals surface area contributed by atoms with Gasteiger partial charge in [0, 0.05) is 55.6 Å². The molecule has 1 fully saturated rings. The van der Waals surface area contributed by atoms with Crippen LogP contribution in [0.3, 0.4) is 0 Å². The number of halogens is 1. The van der Waals surface area contributed by atoms with Crippen LogP contribution in [0.25, 0.3) is 10.4 Å². The SMILES string of the molecule is O=C(c1c[nH]cc1-c1ccc(Cl)s1)N1CCN(CCO)CC1. The van der Waals surface area contributed by atoms with Gasteiger partial charge in [-0.2, -0.15) is 0 Å². The molecule has 0 radical (unpaired) electrons. The lowest BCUT2D eigenvalue weighted by molar-refractivity contribution is 0.0616. The Morgan fingerprint density at radius 3 is 2.68 bits per heavy atom. The molecule has 22 heavy (non-hydrogen) atoms. The van der Waals surface area contributed by atoms with E-state index >= 15 is 0 Å². The van der Waals surface area contributed by atoms with Crippen LogP contribution in [-0.4, -0.2) is 65.1 Å². The van der Waals surface area contributed by atoms with Crippen LogP contribution in [0, 0.1) is 0 Å². The lowest BCUT2D eigenvalue weighted by Gasteiger charge is -2.34. The Kier molecular flexibility index (Phi) is 4.83. The molecule has 5 nitrogen and oxygen atoms in total. The molecule has 2 N–H and O–H groups in total. The van der Waals surface area contributed by atoms with Crippen LogP contribution in [-0.2, 0) is 0 Å². The number of hydrogen-bond acceptors (Lipinski definition) is 4. The van der Waals surface area contributed by atoms with Gasteiger partial charge in [0.25, 0.3) is 5.91 Å². The zero-order chi connectivity index (χ0) is 15.5. The van der Waals surface area contributed by atoms with Crippen molar-refractivity contribution >= 4 is 28.8 Å². The molecule has 2 aromatic rings. The highest BCUT2D eigenvalue weighted by atomic mass is 35.5. The number of aromatic nitrogens is 1. The van der Waals surface area contributed by atoms with E-state index in [2.05, 4.69) is 9.88 Å². The van der Waals surface area contributed by atoms with Crippen molar-refractivity contribution in [3.63, 3.8) is 0 Å². The number of H-pyrrole nitrogens is 1. The maximum atomic E-state index is 12.7. The number of rotatable bonds is 4. The van der Waals surface area contributed by atoms with Crippen LogP contribution in [0.15, 0.2) is 24.5 Å². The Hall–Kier alpha value is -1.34. The van der Waals surface area contributed by atoms with E-state index in [1.54, 1.807) is 6.20 Å². The van der Waals surface area contributed by atoms with Crippen molar-refractivity contribution in [2.24, 2.45) is 0 Å². The predicted molar refractivity (Wildman–Crippen MR) is 88.5 cm³/mol. The number of thiophene rings is 1. The summed E-state index contributed by atoms with van der Waals surface area (Å²) in [7, 11) is 0. The van der Waals surface area contributed by atoms with Gasteiger partial charge >= 0.3 is 0 Å². The largest absolute Gasteiger partial charge is 0.395 e. The zero-order valence-electron chi connectivity index (χ0n) is 12.1. The molecule has 0 unspecified atom stereocenters. The van der Waals surface area contributed by atoms with Crippen LogP contribution in [0.2, 0.25) is 4.34 Å². The Morgan fingerprint density at radius 1 is 1.27 bits per heavy atom. The molecule has 7 heteroatoms. The second-order valence-electron chi connectivity index (χ2n) is 5.24. The van der Waals surface area contributed by atoms with E-state index < -0.39 is 0 Å². The van der Waals surface area contributed by atoms with Crippen molar-refractivity contribution in [1.82, 2.24) is 14.8 Å². The van der Waals surface area contributed by atoms with Crippen LogP contribution >= 0.6 is 22.9 Å². The standard InChI is InChI=1S/C15H18ClN3O2S/c16-14-2-1-13(22-14)11-9-17-10-12(11)15(21)19-5-3-18(4-6-19)7-8-20/h1-2,9-10,17,20H,3-8H2. The first-order valence-corrected chi connectivity index (χ1v) is 8.43. The van der Waals surface area contributed by atoms with Crippen molar-refractivity contribution in [1.29, 1.82) is 0 Å². The van der Waals surface area contributed by atoms with E-state index in [0.717, 1.165) is 23.5 Å². The van der Waals surface area contributed by atoms with Gasteiger partial charge in [-0.25, -0.2) is 0 Å². The third kappa shape index (κ3) is 3.20. The fourth-order valence-electron chi connectivity index (χ4n) is 2.69. The number of aromatic amines is 1. The number of aliphatic hydroxyl groups excluding tert-OH is 1. The molecule has 0 bridgehead atoms.